The first-order valence-corrected chi connectivity index (χ1v) is 5.95. The van der Waals surface area contributed by atoms with Crippen LogP contribution in [0.25, 0.3) is 0 Å². The van der Waals surface area contributed by atoms with E-state index < -0.39 is 0 Å². The maximum Gasteiger partial charge on any atom is 0.0431 e. The minimum Gasteiger partial charge on any atom is -0.396 e. The maximum absolute atomic E-state index is 8.66. The van der Waals surface area contributed by atoms with Crippen molar-refractivity contribution in [1.29, 1.82) is 0 Å². The predicted octanol–water partition coefficient (Wildman–Crippen LogP) is 1.45. The Morgan fingerprint density at radius 3 is 2.33 bits per heavy atom. The van der Waals surface area contributed by atoms with Gasteiger partial charge < -0.3 is 15.7 Å². The predicted molar refractivity (Wildman–Crippen MR) is 65.9 cm³/mol. The van der Waals surface area contributed by atoms with Crippen molar-refractivity contribution in [3.8, 4) is 0 Å². The van der Waals surface area contributed by atoms with Crippen LogP contribution in [0.5, 0.6) is 0 Å². The van der Waals surface area contributed by atoms with E-state index in [9.17, 15) is 0 Å². The average molecular weight is 216 g/mol. The zero-order chi connectivity index (χ0) is 11.9. The first-order chi connectivity index (χ1) is 6.90. The van der Waals surface area contributed by atoms with Crippen molar-refractivity contribution < 1.29 is 5.11 Å². The number of hydrogen-bond donors (Lipinski definition) is 2. The van der Waals surface area contributed by atoms with Crippen LogP contribution in [0, 0.1) is 5.41 Å². The third-order valence-corrected chi connectivity index (χ3v) is 3.11. The number of hydrogen-bond acceptors (Lipinski definition) is 3. The number of nitrogens with two attached hydrogens (primary N) is 1. The van der Waals surface area contributed by atoms with Crippen molar-refractivity contribution in [2.24, 2.45) is 11.1 Å². The van der Waals surface area contributed by atoms with Crippen LogP contribution in [0.1, 0.15) is 40.0 Å². The van der Waals surface area contributed by atoms with Gasteiger partial charge in [0.15, 0.2) is 0 Å². The zero-order valence-electron chi connectivity index (χ0n) is 10.8. The summed E-state index contributed by atoms with van der Waals surface area (Å²) in [6, 6.07) is 0.220. The molecule has 1 atom stereocenters. The molecule has 1 unspecified atom stereocenters. The van der Waals surface area contributed by atoms with Crippen LogP contribution >= 0.6 is 0 Å². The van der Waals surface area contributed by atoms with E-state index >= 15 is 0 Å². The van der Waals surface area contributed by atoms with E-state index in [1.807, 2.05) is 0 Å². The molecular weight excluding hydrogens is 188 g/mol. The van der Waals surface area contributed by atoms with E-state index in [1.54, 1.807) is 0 Å². The molecule has 0 amide bonds. The lowest BCUT2D eigenvalue weighted by Crippen LogP contribution is -2.43. The summed E-state index contributed by atoms with van der Waals surface area (Å²) in [6.45, 7) is 8.93. The molecule has 0 fully saturated rings. The zero-order valence-corrected chi connectivity index (χ0v) is 10.8. The van der Waals surface area contributed by atoms with Gasteiger partial charge in [-0.3, -0.25) is 0 Å². The van der Waals surface area contributed by atoms with Gasteiger partial charge in [-0.15, -0.1) is 0 Å². The van der Waals surface area contributed by atoms with Crippen molar-refractivity contribution >= 4 is 0 Å². The highest BCUT2D eigenvalue weighted by molar-refractivity contribution is 4.80. The molecule has 92 valence electrons. The Kier molecular flexibility index (Phi) is 7.14. The Morgan fingerprint density at radius 2 is 1.87 bits per heavy atom. The summed E-state index contributed by atoms with van der Waals surface area (Å²) >= 11 is 0. The largest absolute Gasteiger partial charge is 0.396 e. The number of aliphatic hydroxyl groups excluding tert-OH is 1. The van der Waals surface area contributed by atoms with Gasteiger partial charge in [0.1, 0.15) is 0 Å². The van der Waals surface area contributed by atoms with Gasteiger partial charge in [0.25, 0.3) is 0 Å². The Balaban J connectivity index is 3.68. The topological polar surface area (TPSA) is 49.5 Å². The van der Waals surface area contributed by atoms with Crippen molar-refractivity contribution in [3.63, 3.8) is 0 Å². The van der Waals surface area contributed by atoms with Crippen LogP contribution in [-0.4, -0.2) is 42.8 Å². The minimum absolute atomic E-state index is 0.172. The molecule has 0 bridgehead atoms. The second-order valence-electron chi connectivity index (χ2n) is 5.30. The molecule has 15 heavy (non-hydrogen) atoms. The molecule has 0 aromatic rings. The highest BCUT2D eigenvalue weighted by Crippen LogP contribution is 2.19. The van der Waals surface area contributed by atoms with E-state index in [0.29, 0.717) is 6.61 Å². The molecule has 0 aromatic heterocycles. The molecule has 0 aromatic carbocycles. The SMILES string of the molecule is CC(N)C(C)(C)CN(C)CCCCCO. The van der Waals surface area contributed by atoms with Crippen molar-refractivity contribution in [2.45, 2.75) is 46.1 Å². The van der Waals surface area contributed by atoms with E-state index in [2.05, 4.69) is 32.7 Å². The highest BCUT2D eigenvalue weighted by atomic mass is 16.2. The molecule has 0 saturated carbocycles. The van der Waals surface area contributed by atoms with Crippen LogP contribution in [-0.2, 0) is 0 Å². The molecule has 3 N–H and O–H groups in total. The molecule has 3 nitrogen and oxygen atoms in total. The summed E-state index contributed by atoms with van der Waals surface area (Å²) in [5.74, 6) is 0. The quantitative estimate of drug-likeness (QED) is 0.604. The fourth-order valence-corrected chi connectivity index (χ4v) is 1.59. The van der Waals surface area contributed by atoms with Gasteiger partial charge in [-0.1, -0.05) is 13.8 Å². The molecule has 0 aliphatic heterocycles. The van der Waals surface area contributed by atoms with E-state index in [-0.39, 0.29) is 11.5 Å². The molecule has 0 aliphatic carbocycles. The summed E-state index contributed by atoms with van der Waals surface area (Å²) in [4.78, 5) is 2.33. The summed E-state index contributed by atoms with van der Waals surface area (Å²) in [5.41, 5.74) is 6.11. The Morgan fingerprint density at radius 1 is 1.27 bits per heavy atom. The molecule has 0 radical (unpaired) electrons. The normalized spacial score (nSPS) is 14.6. The Hall–Kier alpha value is -0.120. The second-order valence-corrected chi connectivity index (χ2v) is 5.30. The lowest BCUT2D eigenvalue weighted by Gasteiger charge is -2.33. The fourth-order valence-electron chi connectivity index (χ4n) is 1.59. The standard InChI is InChI=1S/C12H28N2O/c1-11(13)12(2,3)10-14(4)8-6-5-7-9-15/h11,15H,5-10,13H2,1-4H3. The van der Waals surface area contributed by atoms with Crippen LogP contribution < -0.4 is 5.73 Å². The third kappa shape index (κ3) is 6.88. The Labute approximate surface area is 94.6 Å². The van der Waals surface area contributed by atoms with Crippen molar-refractivity contribution in [3.05, 3.63) is 0 Å². The van der Waals surface area contributed by atoms with E-state index in [4.69, 9.17) is 10.8 Å². The second kappa shape index (κ2) is 7.20. The maximum atomic E-state index is 8.66. The molecule has 3 heteroatoms. The Bertz CT molecular complexity index is 158. The van der Waals surface area contributed by atoms with Gasteiger partial charge in [-0.2, -0.15) is 0 Å². The molecular formula is C12H28N2O. The number of unbranched alkanes of at least 4 members (excludes halogenated alkanes) is 2. The van der Waals surface area contributed by atoms with Gasteiger partial charge in [-0.05, 0) is 45.2 Å². The van der Waals surface area contributed by atoms with Gasteiger partial charge in [0, 0.05) is 19.2 Å². The lowest BCUT2D eigenvalue weighted by atomic mass is 9.85. The van der Waals surface area contributed by atoms with E-state index in [1.165, 1.54) is 0 Å². The minimum atomic E-state index is 0.172. The summed E-state index contributed by atoms with van der Waals surface area (Å²) in [6.07, 6.45) is 3.19. The van der Waals surface area contributed by atoms with Crippen molar-refractivity contribution in [2.75, 3.05) is 26.7 Å². The summed E-state index contributed by atoms with van der Waals surface area (Å²) < 4.78 is 0. The molecule has 0 rings (SSSR count). The van der Waals surface area contributed by atoms with Gasteiger partial charge in [0.2, 0.25) is 0 Å². The van der Waals surface area contributed by atoms with Crippen LogP contribution in [0.2, 0.25) is 0 Å². The fraction of sp³-hybridized carbons (Fsp3) is 1.00. The van der Waals surface area contributed by atoms with Gasteiger partial charge in [-0.25, -0.2) is 0 Å². The van der Waals surface area contributed by atoms with Crippen LogP contribution in [0.3, 0.4) is 0 Å². The number of nitrogens with zero attached hydrogens (tertiary/aromatic N) is 1. The van der Waals surface area contributed by atoms with E-state index in [0.717, 1.165) is 32.4 Å². The number of rotatable bonds is 8. The summed E-state index contributed by atoms with van der Waals surface area (Å²) in [7, 11) is 2.14. The molecule has 0 saturated heterocycles. The third-order valence-electron chi connectivity index (χ3n) is 3.11. The van der Waals surface area contributed by atoms with Crippen molar-refractivity contribution in [1.82, 2.24) is 4.90 Å². The highest BCUT2D eigenvalue weighted by Gasteiger charge is 2.24. The first kappa shape index (κ1) is 14.9. The molecule has 0 spiro atoms. The summed E-state index contributed by atoms with van der Waals surface area (Å²) in [5, 5.41) is 8.66. The average Bonchev–Trinajstić information content (AvgIpc) is 2.11. The molecule has 0 aliphatic rings. The number of aliphatic hydroxyl groups is 1. The van der Waals surface area contributed by atoms with Gasteiger partial charge in [0.05, 0.1) is 0 Å². The smallest absolute Gasteiger partial charge is 0.0431 e. The van der Waals surface area contributed by atoms with Gasteiger partial charge >= 0.3 is 0 Å². The van der Waals surface area contributed by atoms with Crippen LogP contribution in [0.4, 0.5) is 0 Å². The van der Waals surface area contributed by atoms with Crippen LogP contribution in [0.15, 0.2) is 0 Å². The lowest BCUT2D eigenvalue weighted by molar-refractivity contribution is 0.180. The first-order valence-electron chi connectivity index (χ1n) is 5.95. The molecule has 0 heterocycles. The monoisotopic (exact) mass is 216 g/mol.